The highest BCUT2D eigenvalue weighted by molar-refractivity contribution is 5.91. The molecule has 0 saturated carbocycles. The number of hydrazine groups is 1. The van der Waals surface area contributed by atoms with Gasteiger partial charge in [0.2, 0.25) is 11.8 Å². The number of carbonyl (C=O) groups is 3. The fraction of sp³-hybridized carbons (Fsp3) is 0.323. The van der Waals surface area contributed by atoms with Crippen molar-refractivity contribution in [2.75, 3.05) is 39.1 Å². The maximum Gasteiger partial charge on any atom is 0.334 e. The van der Waals surface area contributed by atoms with E-state index >= 15 is 0 Å². The summed E-state index contributed by atoms with van der Waals surface area (Å²) in [5.74, 6) is -0.260. The van der Waals surface area contributed by atoms with E-state index in [9.17, 15) is 19.5 Å². The molecule has 10 heteroatoms. The van der Waals surface area contributed by atoms with Crippen LogP contribution in [0.2, 0.25) is 0 Å². The third kappa shape index (κ3) is 6.12. The van der Waals surface area contributed by atoms with E-state index in [1.54, 1.807) is 51.1 Å². The lowest BCUT2D eigenvalue weighted by Gasteiger charge is -2.54. The number of hydrogen-bond donors (Lipinski definition) is 2. The summed E-state index contributed by atoms with van der Waals surface area (Å²) in [4.78, 5) is 46.4. The molecule has 2 saturated heterocycles. The number of hydrogen-bond acceptors (Lipinski definition) is 6. The normalized spacial score (nSPS) is 19.2. The average molecular weight is 557 g/mol. The summed E-state index contributed by atoms with van der Waals surface area (Å²) in [5.41, 5.74) is 3.74. The van der Waals surface area contributed by atoms with Gasteiger partial charge in [0.25, 0.3) is 0 Å². The number of rotatable bonds is 7. The molecule has 214 valence electrons. The number of phenolic OH excluding ortho intramolecular Hbond substituents is 1. The molecule has 1 unspecified atom stereocenters. The van der Waals surface area contributed by atoms with Gasteiger partial charge in [0.15, 0.2) is 0 Å². The third-order valence-electron chi connectivity index (χ3n) is 7.60. The van der Waals surface area contributed by atoms with Crippen LogP contribution in [0.4, 0.5) is 10.5 Å². The van der Waals surface area contributed by atoms with Crippen LogP contribution in [0, 0.1) is 0 Å². The smallest absolute Gasteiger partial charge is 0.334 e. The molecule has 2 atom stereocenters. The van der Waals surface area contributed by atoms with Crippen LogP contribution in [0.25, 0.3) is 0 Å². The van der Waals surface area contributed by atoms with Crippen LogP contribution in [0.3, 0.4) is 0 Å². The molecule has 0 bridgehead atoms. The Morgan fingerprint density at radius 1 is 0.951 bits per heavy atom. The Hall–Kier alpha value is -4.57. The summed E-state index contributed by atoms with van der Waals surface area (Å²) in [6, 6.07) is 23.1. The molecule has 2 fully saturated rings. The Bertz CT molecular complexity index is 1400. The summed E-state index contributed by atoms with van der Waals surface area (Å²) in [6.07, 6.45) is -0.424. The van der Waals surface area contributed by atoms with Crippen LogP contribution >= 0.6 is 0 Å². The van der Waals surface area contributed by atoms with E-state index in [1.807, 2.05) is 73.6 Å². The van der Waals surface area contributed by atoms with Crippen molar-refractivity contribution in [2.24, 2.45) is 0 Å². The zero-order valence-corrected chi connectivity index (χ0v) is 23.6. The minimum Gasteiger partial charge on any atom is -0.508 e. The first-order valence-electron chi connectivity index (χ1n) is 13.7. The number of aromatic hydroxyl groups is 1. The molecular formula is C31H36N6O4. The average Bonchev–Trinajstić information content (AvgIpc) is 2.95. The molecule has 2 heterocycles. The lowest BCUT2D eigenvalue weighted by Crippen LogP contribution is -2.76. The quantitative estimate of drug-likeness (QED) is 0.464. The number of nitrogens with one attached hydrogen (secondary N) is 1. The Morgan fingerprint density at radius 3 is 2.37 bits per heavy atom. The standard InChI is InChI=1S/C31H36N6O4/c1-33(2)25-11-7-10-24(16-25)19-35-20-28-36(27(30(35)40)17-22-12-14-26(38)15-13-22)29(39)21-34(3)37(28)31(41)32-18-23-8-5-4-6-9-23/h4-16,27-28,38H,17-21H2,1-3H3,(H,32,41)/t27?,28-/m0/s1. The van der Waals surface area contributed by atoms with Crippen molar-refractivity contribution in [1.29, 1.82) is 0 Å². The second-order valence-electron chi connectivity index (χ2n) is 10.8. The highest BCUT2D eigenvalue weighted by Crippen LogP contribution is 2.29. The highest BCUT2D eigenvalue weighted by atomic mass is 16.3. The van der Waals surface area contributed by atoms with Crippen LogP contribution < -0.4 is 10.2 Å². The largest absolute Gasteiger partial charge is 0.508 e. The maximum absolute atomic E-state index is 14.0. The molecule has 3 aromatic rings. The Labute approximate surface area is 240 Å². The predicted octanol–water partition coefficient (Wildman–Crippen LogP) is 2.64. The molecule has 4 amide bonds. The van der Waals surface area contributed by atoms with Gasteiger partial charge < -0.3 is 25.1 Å². The second kappa shape index (κ2) is 11.9. The van der Waals surface area contributed by atoms with Gasteiger partial charge in [-0.3, -0.25) is 9.59 Å². The molecule has 3 aromatic carbocycles. The number of likely N-dealkylation sites (N-methyl/N-ethyl adjacent to an activating group) is 1. The molecule has 0 aromatic heterocycles. The van der Waals surface area contributed by atoms with Crippen LogP contribution in [0.1, 0.15) is 16.7 Å². The van der Waals surface area contributed by atoms with Crippen molar-refractivity contribution in [2.45, 2.75) is 31.7 Å². The topological polar surface area (TPSA) is 99.7 Å². The van der Waals surface area contributed by atoms with Crippen molar-refractivity contribution >= 4 is 23.5 Å². The lowest BCUT2D eigenvalue weighted by atomic mass is 9.98. The van der Waals surface area contributed by atoms with E-state index in [4.69, 9.17) is 0 Å². The van der Waals surface area contributed by atoms with Gasteiger partial charge in [0, 0.05) is 46.3 Å². The van der Waals surface area contributed by atoms with Crippen molar-refractivity contribution in [3.05, 3.63) is 95.6 Å². The van der Waals surface area contributed by atoms with Crippen molar-refractivity contribution < 1.29 is 19.5 Å². The fourth-order valence-electron chi connectivity index (χ4n) is 5.51. The fourth-order valence-corrected chi connectivity index (χ4v) is 5.51. The van der Waals surface area contributed by atoms with E-state index < -0.39 is 12.2 Å². The zero-order valence-electron chi connectivity index (χ0n) is 23.6. The summed E-state index contributed by atoms with van der Waals surface area (Å²) < 4.78 is 0. The molecule has 5 rings (SSSR count). The summed E-state index contributed by atoms with van der Waals surface area (Å²) in [7, 11) is 5.64. The van der Waals surface area contributed by atoms with Crippen LogP contribution in [0.15, 0.2) is 78.9 Å². The number of anilines is 1. The molecule has 0 spiro atoms. The molecule has 0 aliphatic carbocycles. The SMILES string of the molecule is CN(C)c1cccc(CN2C[C@H]3N(C(=O)CN(C)N3C(=O)NCc3ccccc3)C(Cc3ccc(O)cc3)C2=O)c1. The van der Waals surface area contributed by atoms with E-state index in [0.717, 1.165) is 22.4 Å². The van der Waals surface area contributed by atoms with E-state index in [1.165, 1.54) is 0 Å². The van der Waals surface area contributed by atoms with E-state index in [0.29, 0.717) is 13.1 Å². The second-order valence-corrected chi connectivity index (χ2v) is 10.8. The first-order valence-corrected chi connectivity index (χ1v) is 13.7. The molecule has 41 heavy (non-hydrogen) atoms. The first kappa shape index (κ1) is 28.0. The van der Waals surface area contributed by atoms with E-state index in [2.05, 4.69) is 5.32 Å². The van der Waals surface area contributed by atoms with Gasteiger partial charge in [0.1, 0.15) is 18.0 Å². The molecule has 2 aliphatic heterocycles. The number of benzene rings is 3. The monoisotopic (exact) mass is 556 g/mol. The minimum absolute atomic E-state index is 0.0283. The number of carbonyl (C=O) groups excluding carboxylic acids is 3. The molecular weight excluding hydrogens is 520 g/mol. The highest BCUT2D eigenvalue weighted by Gasteiger charge is 2.50. The molecule has 2 N–H and O–H groups in total. The number of amides is 4. The predicted molar refractivity (Wildman–Crippen MR) is 156 cm³/mol. The Balaban J connectivity index is 1.46. The van der Waals surface area contributed by atoms with E-state index in [-0.39, 0.29) is 43.1 Å². The minimum atomic E-state index is -0.805. The molecule has 2 aliphatic rings. The maximum atomic E-state index is 14.0. The van der Waals surface area contributed by atoms with Gasteiger partial charge in [-0.05, 0) is 41.0 Å². The number of urea groups is 1. The lowest BCUT2D eigenvalue weighted by molar-refractivity contribution is -0.187. The number of nitrogens with zero attached hydrogens (tertiary/aromatic N) is 5. The number of piperazine rings is 1. The van der Waals surface area contributed by atoms with Gasteiger partial charge in [-0.15, -0.1) is 0 Å². The van der Waals surface area contributed by atoms with Gasteiger partial charge in [-0.25, -0.2) is 14.8 Å². The van der Waals surface area contributed by atoms with Crippen molar-refractivity contribution in [1.82, 2.24) is 25.1 Å². The van der Waals surface area contributed by atoms with Gasteiger partial charge in [0.05, 0.1) is 13.1 Å². The van der Waals surface area contributed by atoms with Crippen LogP contribution in [-0.4, -0.2) is 89.2 Å². The number of phenols is 1. The van der Waals surface area contributed by atoms with Gasteiger partial charge in [-0.2, -0.15) is 0 Å². The summed E-state index contributed by atoms with van der Waals surface area (Å²) in [6.45, 7) is 0.821. The zero-order chi connectivity index (χ0) is 29.1. The first-order chi connectivity index (χ1) is 19.7. The summed E-state index contributed by atoms with van der Waals surface area (Å²) in [5, 5.41) is 15.9. The van der Waals surface area contributed by atoms with Crippen LogP contribution in [-0.2, 0) is 29.1 Å². The summed E-state index contributed by atoms with van der Waals surface area (Å²) >= 11 is 0. The van der Waals surface area contributed by atoms with Crippen molar-refractivity contribution in [3.63, 3.8) is 0 Å². The van der Waals surface area contributed by atoms with Gasteiger partial charge >= 0.3 is 6.03 Å². The number of fused-ring (bicyclic) bond motifs is 1. The third-order valence-corrected chi connectivity index (χ3v) is 7.60. The molecule has 0 radical (unpaired) electrons. The molecule has 10 nitrogen and oxygen atoms in total. The van der Waals surface area contributed by atoms with Crippen molar-refractivity contribution in [3.8, 4) is 5.75 Å². The van der Waals surface area contributed by atoms with Crippen LogP contribution in [0.5, 0.6) is 5.75 Å². The Morgan fingerprint density at radius 2 is 1.66 bits per heavy atom. The Kier molecular flexibility index (Phi) is 8.11. The van der Waals surface area contributed by atoms with Gasteiger partial charge in [-0.1, -0.05) is 54.6 Å².